The normalized spacial score (nSPS) is 12.2. The van der Waals surface area contributed by atoms with Crippen LogP contribution in [0.5, 0.6) is 0 Å². The highest BCUT2D eigenvalue weighted by Crippen LogP contribution is 2.22. The van der Waals surface area contributed by atoms with E-state index in [4.69, 9.17) is 17.3 Å². The lowest BCUT2D eigenvalue weighted by Crippen LogP contribution is -2.15. The van der Waals surface area contributed by atoms with Crippen molar-refractivity contribution in [2.75, 3.05) is 17.6 Å². The number of nitrogens with two attached hydrogens (primary N) is 1. The Labute approximate surface area is 124 Å². The van der Waals surface area contributed by atoms with Crippen molar-refractivity contribution in [3.63, 3.8) is 0 Å². The van der Waals surface area contributed by atoms with Gasteiger partial charge in [-0.1, -0.05) is 29.8 Å². The minimum Gasteiger partial charge on any atom is -0.398 e. The lowest BCUT2D eigenvalue weighted by molar-refractivity contribution is 0.208. The number of anilines is 2. The third kappa shape index (κ3) is 4.15. The first-order chi connectivity index (χ1) is 9.54. The second-order valence-corrected chi connectivity index (χ2v) is 5.37. The fourth-order valence-corrected chi connectivity index (χ4v) is 2.13. The van der Waals surface area contributed by atoms with E-state index in [1.54, 1.807) is 6.92 Å². The van der Waals surface area contributed by atoms with Crippen LogP contribution < -0.4 is 11.1 Å². The number of aliphatic hydroxyl groups is 1. The molecule has 1 unspecified atom stereocenters. The van der Waals surface area contributed by atoms with E-state index < -0.39 is 0 Å². The maximum absolute atomic E-state index is 9.23. The molecule has 1 atom stereocenters. The summed E-state index contributed by atoms with van der Waals surface area (Å²) in [6.07, 6.45) is 0.461. The Morgan fingerprint density at radius 2 is 1.80 bits per heavy atom. The quantitative estimate of drug-likeness (QED) is 0.741. The van der Waals surface area contributed by atoms with E-state index in [9.17, 15) is 5.11 Å². The number of nitrogens with one attached hydrogen (secondary N) is 1. The van der Waals surface area contributed by atoms with E-state index in [1.165, 1.54) is 5.56 Å². The van der Waals surface area contributed by atoms with Crippen molar-refractivity contribution >= 4 is 23.0 Å². The zero-order chi connectivity index (χ0) is 14.5. The number of hydrogen-bond acceptors (Lipinski definition) is 3. The van der Waals surface area contributed by atoms with E-state index in [0.717, 1.165) is 17.7 Å². The largest absolute Gasteiger partial charge is 0.398 e. The van der Waals surface area contributed by atoms with Gasteiger partial charge in [0.15, 0.2) is 0 Å². The minimum atomic E-state index is -0.355. The lowest BCUT2D eigenvalue weighted by Gasteiger charge is -2.09. The Balaban J connectivity index is 2.01. The Kier molecular flexibility index (Phi) is 4.88. The van der Waals surface area contributed by atoms with E-state index in [0.29, 0.717) is 17.3 Å². The maximum Gasteiger partial charge on any atom is 0.0684 e. The Bertz CT molecular complexity index is 567. The van der Waals surface area contributed by atoms with Crippen LogP contribution in [0, 0.1) is 0 Å². The first-order valence-electron chi connectivity index (χ1n) is 6.59. The SMILES string of the molecule is CC(O)CNc1ccc(Cc2ccc(N)c(Cl)c2)cc1. The Hall–Kier alpha value is -1.71. The van der Waals surface area contributed by atoms with E-state index in [1.807, 2.05) is 30.3 Å². The molecule has 0 bridgehead atoms. The van der Waals surface area contributed by atoms with Crippen molar-refractivity contribution in [2.45, 2.75) is 19.4 Å². The van der Waals surface area contributed by atoms with Crippen molar-refractivity contribution in [3.05, 3.63) is 58.6 Å². The third-order valence-corrected chi connectivity index (χ3v) is 3.36. The van der Waals surface area contributed by atoms with Crippen molar-refractivity contribution < 1.29 is 5.11 Å². The highest BCUT2D eigenvalue weighted by molar-refractivity contribution is 6.33. The van der Waals surface area contributed by atoms with Gasteiger partial charge in [0, 0.05) is 12.2 Å². The summed E-state index contributed by atoms with van der Waals surface area (Å²) in [5, 5.41) is 13.0. The second kappa shape index (κ2) is 6.64. The van der Waals surface area contributed by atoms with Gasteiger partial charge in [0.25, 0.3) is 0 Å². The molecule has 4 heteroatoms. The smallest absolute Gasteiger partial charge is 0.0684 e. The summed E-state index contributed by atoms with van der Waals surface area (Å²) in [6.45, 7) is 2.30. The van der Waals surface area contributed by atoms with Crippen molar-refractivity contribution in [1.82, 2.24) is 0 Å². The summed E-state index contributed by atoms with van der Waals surface area (Å²) in [4.78, 5) is 0. The average molecular weight is 291 g/mol. The van der Waals surface area contributed by atoms with Crippen LogP contribution in [0.4, 0.5) is 11.4 Å². The molecule has 106 valence electrons. The van der Waals surface area contributed by atoms with Crippen molar-refractivity contribution in [3.8, 4) is 0 Å². The monoisotopic (exact) mass is 290 g/mol. The van der Waals surface area contributed by atoms with Gasteiger partial charge in [0.2, 0.25) is 0 Å². The molecule has 0 heterocycles. The Morgan fingerprint density at radius 1 is 1.15 bits per heavy atom. The third-order valence-electron chi connectivity index (χ3n) is 3.03. The van der Waals surface area contributed by atoms with Crippen LogP contribution in [0.15, 0.2) is 42.5 Å². The average Bonchev–Trinajstić information content (AvgIpc) is 2.42. The number of benzene rings is 2. The summed E-state index contributed by atoms with van der Waals surface area (Å²) >= 11 is 6.02. The van der Waals surface area contributed by atoms with Crippen LogP contribution in [0.3, 0.4) is 0 Å². The predicted octanol–water partition coefficient (Wildman–Crippen LogP) is 3.31. The molecule has 2 aromatic carbocycles. The van der Waals surface area contributed by atoms with Crippen LogP contribution in [-0.4, -0.2) is 17.8 Å². The van der Waals surface area contributed by atoms with Crippen LogP contribution in [0.1, 0.15) is 18.1 Å². The zero-order valence-electron chi connectivity index (χ0n) is 11.4. The molecule has 0 aliphatic heterocycles. The Morgan fingerprint density at radius 3 is 2.40 bits per heavy atom. The molecule has 20 heavy (non-hydrogen) atoms. The van der Waals surface area contributed by atoms with Crippen molar-refractivity contribution in [2.24, 2.45) is 0 Å². The van der Waals surface area contributed by atoms with Gasteiger partial charge in [-0.05, 0) is 48.7 Å². The first-order valence-corrected chi connectivity index (χ1v) is 6.97. The molecule has 2 rings (SSSR count). The maximum atomic E-state index is 9.23. The highest BCUT2D eigenvalue weighted by atomic mass is 35.5. The molecule has 0 radical (unpaired) electrons. The summed E-state index contributed by atoms with van der Waals surface area (Å²) in [7, 11) is 0. The number of hydrogen-bond donors (Lipinski definition) is 3. The second-order valence-electron chi connectivity index (χ2n) is 4.96. The fourth-order valence-electron chi connectivity index (χ4n) is 1.92. The molecular weight excluding hydrogens is 272 g/mol. The number of rotatable bonds is 5. The van der Waals surface area contributed by atoms with Crippen LogP contribution in [0.25, 0.3) is 0 Å². The molecule has 0 saturated carbocycles. The lowest BCUT2D eigenvalue weighted by atomic mass is 10.0. The molecule has 0 fully saturated rings. The summed E-state index contributed by atoms with van der Waals surface area (Å²) in [5.74, 6) is 0. The molecule has 3 nitrogen and oxygen atoms in total. The molecule has 0 aromatic heterocycles. The predicted molar refractivity (Wildman–Crippen MR) is 85.3 cm³/mol. The van der Waals surface area contributed by atoms with Gasteiger partial charge in [-0.3, -0.25) is 0 Å². The minimum absolute atomic E-state index is 0.355. The molecular formula is C16H19ClN2O. The highest BCUT2D eigenvalue weighted by Gasteiger charge is 2.01. The van der Waals surface area contributed by atoms with E-state index in [2.05, 4.69) is 17.4 Å². The van der Waals surface area contributed by atoms with Gasteiger partial charge in [-0.15, -0.1) is 0 Å². The van der Waals surface area contributed by atoms with Crippen LogP contribution in [-0.2, 0) is 6.42 Å². The summed E-state index contributed by atoms with van der Waals surface area (Å²) in [5.41, 5.74) is 9.64. The van der Waals surface area contributed by atoms with Crippen LogP contribution in [0.2, 0.25) is 5.02 Å². The molecule has 0 saturated heterocycles. The van der Waals surface area contributed by atoms with E-state index >= 15 is 0 Å². The molecule has 0 spiro atoms. The zero-order valence-corrected chi connectivity index (χ0v) is 12.2. The standard InChI is InChI=1S/C16H19ClN2O/c1-11(20)10-19-14-5-2-12(3-6-14)8-13-4-7-16(18)15(17)9-13/h2-7,9,11,19-20H,8,10,18H2,1H3. The number of nitrogen functional groups attached to an aromatic ring is 1. The fraction of sp³-hybridized carbons (Fsp3) is 0.250. The molecule has 2 aromatic rings. The van der Waals surface area contributed by atoms with Gasteiger partial charge >= 0.3 is 0 Å². The molecule has 4 N–H and O–H groups in total. The molecule has 0 aliphatic carbocycles. The topological polar surface area (TPSA) is 58.3 Å². The van der Waals surface area contributed by atoms with Crippen LogP contribution >= 0.6 is 11.6 Å². The molecule has 0 amide bonds. The van der Waals surface area contributed by atoms with Gasteiger partial charge in [-0.2, -0.15) is 0 Å². The molecule has 0 aliphatic rings. The number of halogens is 1. The van der Waals surface area contributed by atoms with Gasteiger partial charge < -0.3 is 16.2 Å². The van der Waals surface area contributed by atoms with Gasteiger partial charge in [0.1, 0.15) is 0 Å². The summed E-state index contributed by atoms with van der Waals surface area (Å²) in [6, 6.07) is 13.9. The van der Waals surface area contributed by atoms with Crippen molar-refractivity contribution in [1.29, 1.82) is 0 Å². The summed E-state index contributed by atoms with van der Waals surface area (Å²) < 4.78 is 0. The number of aliphatic hydroxyl groups excluding tert-OH is 1. The first kappa shape index (κ1) is 14.7. The van der Waals surface area contributed by atoms with Gasteiger partial charge in [0.05, 0.1) is 16.8 Å². The van der Waals surface area contributed by atoms with E-state index in [-0.39, 0.29) is 6.10 Å². The van der Waals surface area contributed by atoms with Gasteiger partial charge in [-0.25, -0.2) is 0 Å².